The third kappa shape index (κ3) is 7.32. The number of rotatable bonds is 8. The predicted molar refractivity (Wildman–Crippen MR) is 137 cm³/mol. The maximum Gasteiger partial charge on any atom is 0.307 e. The second kappa shape index (κ2) is 12.6. The minimum Gasteiger partial charge on any atom is -0.507 e. The molecular formula is C24H34BrIN2O4. The van der Waals surface area contributed by atoms with Crippen molar-refractivity contribution in [3.63, 3.8) is 0 Å². The van der Waals surface area contributed by atoms with Crippen LogP contribution in [0.4, 0.5) is 0 Å². The number of benzene rings is 1. The zero-order valence-corrected chi connectivity index (χ0v) is 22.5. The van der Waals surface area contributed by atoms with Crippen LogP contribution in [0.5, 0.6) is 5.75 Å². The summed E-state index contributed by atoms with van der Waals surface area (Å²) in [7, 11) is 0. The van der Waals surface area contributed by atoms with Crippen molar-refractivity contribution in [1.82, 2.24) is 9.80 Å². The minimum absolute atomic E-state index is 0.0647. The van der Waals surface area contributed by atoms with E-state index in [1.165, 1.54) is 12.8 Å². The number of carbonyl (C=O) groups is 2. The van der Waals surface area contributed by atoms with E-state index in [0.29, 0.717) is 27.8 Å². The summed E-state index contributed by atoms with van der Waals surface area (Å²) in [5.74, 6) is 1.72. The van der Waals surface area contributed by atoms with Gasteiger partial charge in [0.05, 0.1) is 10.9 Å². The van der Waals surface area contributed by atoms with Crippen molar-refractivity contribution in [1.29, 1.82) is 0 Å². The lowest BCUT2D eigenvalue weighted by molar-refractivity contribution is -0.141. The molecular weight excluding hydrogens is 587 g/mol. The van der Waals surface area contributed by atoms with Crippen LogP contribution in [-0.2, 0) is 20.7 Å². The normalized spacial score (nSPS) is 19.7. The van der Waals surface area contributed by atoms with E-state index in [1.54, 1.807) is 6.07 Å². The van der Waals surface area contributed by atoms with Crippen molar-refractivity contribution in [2.75, 3.05) is 37.3 Å². The van der Waals surface area contributed by atoms with Crippen LogP contribution < -0.4 is 0 Å². The lowest BCUT2D eigenvalue weighted by atomic mass is 9.78. The average molecular weight is 621 g/mol. The summed E-state index contributed by atoms with van der Waals surface area (Å²) in [5.41, 5.74) is 1.06. The van der Waals surface area contributed by atoms with E-state index in [4.69, 9.17) is 4.74 Å². The van der Waals surface area contributed by atoms with E-state index in [9.17, 15) is 14.7 Å². The minimum atomic E-state index is -0.106. The number of aromatic hydroxyl groups is 1. The molecule has 2 aliphatic heterocycles. The van der Waals surface area contributed by atoms with Gasteiger partial charge in [-0.15, -0.1) is 0 Å². The fourth-order valence-electron chi connectivity index (χ4n) is 5.05. The number of piperidine rings is 2. The fourth-order valence-corrected chi connectivity index (χ4v) is 5.83. The van der Waals surface area contributed by atoms with Gasteiger partial charge in [0.25, 0.3) is 0 Å². The molecule has 1 atom stereocenters. The molecule has 0 unspecified atom stereocenters. The zero-order valence-electron chi connectivity index (χ0n) is 18.8. The van der Waals surface area contributed by atoms with Gasteiger partial charge >= 0.3 is 5.97 Å². The van der Waals surface area contributed by atoms with Gasteiger partial charge in [-0.3, -0.25) is 9.59 Å². The molecule has 1 amide bonds. The Balaban J connectivity index is 1.38. The van der Waals surface area contributed by atoms with E-state index in [0.717, 1.165) is 57.0 Å². The summed E-state index contributed by atoms with van der Waals surface area (Å²) in [4.78, 5) is 29.0. The smallest absolute Gasteiger partial charge is 0.307 e. The maximum absolute atomic E-state index is 13.0. The molecule has 1 aromatic rings. The van der Waals surface area contributed by atoms with Crippen LogP contribution in [0, 0.1) is 17.8 Å². The molecule has 2 aliphatic rings. The van der Waals surface area contributed by atoms with Crippen LogP contribution in [0.1, 0.15) is 44.6 Å². The molecule has 0 spiro atoms. The predicted octanol–water partition coefficient (Wildman–Crippen LogP) is 4.61. The second-order valence-corrected chi connectivity index (χ2v) is 10.6. The summed E-state index contributed by atoms with van der Waals surface area (Å²) in [5, 5.41) is 9.66. The zero-order chi connectivity index (χ0) is 23.1. The number of hydrogen-bond donors (Lipinski definition) is 1. The molecule has 0 saturated carbocycles. The fraction of sp³-hybridized carbons (Fsp3) is 0.667. The molecule has 2 saturated heterocycles. The van der Waals surface area contributed by atoms with Crippen LogP contribution in [0.15, 0.2) is 22.7 Å². The lowest BCUT2D eigenvalue weighted by Crippen LogP contribution is -2.44. The second-order valence-electron chi connectivity index (χ2n) is 9.11. The van der Waals surface area contributed by atoms with Crippen molar-refractivity contribution in [3.8, 4) is 5.75 Å². The highest BCUT2D eigenvalue weighted by atomic mass is 127. The van der Waals surface area contributed by atoms with Crippen LogP contribution in [0.25, 0.3) is 0 Å². The van der Waals surface area contributed by atoms with Crippen molar-refractivity contribution in [2.24, 2.45) is 17.8 Å². The van der Waals surface area contributed by atoms with Crippen molar-refractivity contribution in [3.05, 3.63) is 28.2 Å². The van der Waals surface area contributed by atoms with Gasteiger partial charge in [-0.2, -0.15) is 0 Å². The summed E-state index contributed by atoms with van der Waals surface area (Å²) in [6.45, 7) is 6.62. The Kier molecular flexibility index (Phi) is 10.1. The number of phenolic OH excluding ortho intramolecular Hbond substituents is 1. The van der Waals surface area contributed by atoms with Gasteiger partial charge in [-0.05, 0) is 113 Å². The van der Waals surface area contributed by atoms with E-state index >= 15 is 0 Å². The Hall–Kier alpha value is -0.870. The number of halogens is 2. The molecule has 8 heteroatoms. The van der Waals surface area contributed by atoms with E-state index in [-0.39, 0.29) is 23.5 Å². The molecule has 1 N–H and O–H groups in total. The number of phenols is 1. The molecule has 0 aromatic heterocycles. The van der Waals surface area contributed by atoms with Gasteiger partial charge in [-0.25, -0.2) is 0 Å². The molecule has 6 nitrogen and oxygen atoms in total. The number of alkyl halides is 1. The first kappa shape index (κ1) is 25.7. The summed E-state index contributed by atoms with van der Waals surface area (Å²) in [6.07, 6.45) is 5.72. The molecule has 1 aromatic carbocycles. The first-order valence-electron chi connectivity index (χ1n) is 11.6. The third-order valence-electron chi connectivity index (χ3n) is 6.97. The Morgan fingerprint density at radius 1 is 1.16 bits per heavy atom. The third-order valence-corrected chi connectivity index (χ3v) is 7.92. The molecule has 178 valence electrons. The molecule has 2 heterocycles. The Morgan fingerprint density at radius 2 is 1.78 bits per heavy atom. The average Bonchev–Trinajstić information content (AvgIpc) is 2.80. The van der Waals surface area contributed by atoms with Crippen molar-refractivity contribution in [2.45, 2.75) is 45.4 Å². The highest BCUT2D eigenvalue weighted by molar-refractivity contribution is 14.1. The first-order chi connectivity index (χ1) is 15.4. The Labute approximate surface area is 213 Å². The van der Waals surface area contributed by atoms with E-state index < -0.39 is 0 Å². The maximum atomic E-state index is 13.0. The number of carbonyl (C=O) groups excluding carboxylic acids is 2. The largest absolute Gasteiger partial charge is 0.507 e. The molecule has 0 aliphatic carbocycles. The van der Waals surface area contributed by atoms with Gasteiger partial charge in [-0.1, -0.05) is 13.0 Å². The Bertz CT molecular complexity index is 777. The van der Waals surface area contributed by atoms with Gasteiger partial charge < -0.3 is 19.6 Å². The van der Waals surface area contributed by atoms with Gasteiger partial charge in [0.1, 0.15) is 10.4 Å². The van der Waals surface area contributed by atoms with Crippen LogP contribution in [-0.4, -0.2) is 64.1 Å². The van der Waals surface area contributed by atoms with Gasteiger partial charge in [0.15, 0.2) is 0 Å². The number of likely N-dealkylation sites (tertiary alicyclic amines) is 2. The summed E-state index contributed by atoms with van der Waals surface area (Å²) in [6, 6.07) is 5.45. The highest BCUT2D eigenvalue weighted by Crippen LogP contribution is 2.33. The molecule has 3 rings (SSSR count). The highest BCUT2D eigenvalue weighted by Gasteiger charge is 2.32. The van der Waals surface area contributed by atoms with Gasteiger partial charge in [0, 0.05) is 25.6 Å². The van der Waals surface area contributed by atoms with Crippen molar-refractivity contribution >= 4 is 50.4 Å². The SMILES string of the molecule is C[C@H](Cc1ccc(O)c(Br)c1)C(=O)N1CCC(C2CCN(CCC(=O)OCI)CC2)CC1. The molecule has 0 bridgehead atoms. The van der Waals surface area contributed by atoms with Crippen LogP contribution >= 0.6 is 38.5 Å². The molecule has 32 heavy (non-hydrogen) atoms. The summed E-state index contributed by atoms with van der Waals surface area (Å²) >= 11 is 5.40. The van der Waals surface area contributed by atoms with Gasteiger partial charge in [0.2, 0.25) is 5.91 Å². The molecule has 0 radical (unpaired) electrons. The number of ether oxygens (including phenoxy) is 1. The molecule has 2 fully saturated rings. The van der Waals surface area contributed by atoms with E-state index in [2.05, 4.69) is 20.8 Å². The standard InChI is InChI=1S/C24H34BrIN2O4/c1-17(14-18-2-3-22(29)21(25)15-18)24(31)28-12-6-20(7-13-28)19-4-9-27(10-5-19)11-8-23(30)32-16-26/h2-3,15,17,19-20,29H,4-14,16H2,1H3/t17-/m1/s1. The number of amides is 1. The van der Waals surface area contributed by atoms with E-state index in [1.807, 2.05) is 46.5 Å². The summed E-state index contributed by atoms with van der Waals surface area (Å²) < 4.78 is 6.11. The quantitative estimate of drug-likeness (QED) is 0.261. The number of esters is 1. The first-order valence-corrected chi connectivity index (χ1v) is 13.9. The number of hydrogen-bond acceptors (Lipinski definition) is 5. The number of nitrogens with zero attached hydrogens (tertiary/aromatic N) is 2. The van der Waals surface area contributed by atoms with Crippen LogP contribution in [0.2, 0.25) is 0 Å². The topological polar surface area (TPSA) is 70.1 Å². The monoisotopic (exact) mass is 620 g/mol. The lowest BCUT2D eigenvalue weighted by Gasteiger charge is -2.40. The van der Waals surface area contributed by atoms with Crippen molar-refractivity contribution < 1.29 is 19.4 Å². The Morgan fingerprint density at radius 3 is 2.38 bits per heavy atom. The van der Waals surface area contributed by atoms with Crippen LogP contribution in [0.3, 0.4) is 0 Å².